The standard InChI is InChI=1S/C18H24ClN3O3/c1-20-8-9-22(15-3-2-14(19)12-16(15)20)13-17(23)21-6-4-18(5-7-21)24-10-11-25-18/h2-3,12H,4-11,13H2,1H3. The predicted molar refractivity (Wildman–Crippen MR) is 97.4 cm³/mol. The Morgan fingerprint density at radius 2 is 1.84 bits per heavy atom. The van der Waals surface area contributed by atoms with Crippen LogP contribution in [-0.4, -0.2) is 69.6 Å². The maximum absolute atomic E-state index is 12.8. The van der Waals surface area contributed by atoms with Gasteiger partial charge in [0, 0.05) is 51.1 Å². The zero-order valence-corrected chi connectivity index (χ0v) is 15.3. The van der Waals surface area contributed by atoms with Gasteiger partial charge >= 0.3 is 0 Å². The first-order valence-electron chi connectivity index (χ1n) is 8.88. The van der Waals surface area contributed by atoms with Gasteiger partial charge in [-0.05, 0) is 18.2 Å². The third kappa shape index (κ3) is 3.30. The van der Waals surface area contributed by atoms with Crippen LogP contribution in [0.3, 0.4) is 0 Å². The van der Waals surface area contributed by atoms with Crippen molar-refractivity contribution in [3.8, 4) is 0 Å². The summed E-state index contributed by atoms with van der Waals surface area (Å²) < 4.78 is 11.5. The van der Waals surface area contributed by atoms with Crippen molar-refractivity contribution in [2.75, 3.05) is 62.8 Å². The molecule has 0 radical (unpaired) electrons. The molecule has 3 aliphatic heterocycles. The van der Waals surface area contributed by atoms with Gasteiger partial charge in [0.05, 0.1) is 31.1 Å². The lowest BCUT2D eigenvalue weighted by Crippen LogP contribution is -2.51. The Balaban J connectivity index is 1.41. The molecular formula is C18H24ClN3O3. The number of benzene rings is 1. The fraction of sp³-hybridized carbons (Fsp3) is 0.611. The Bertz CT molecular complexity index is 653. The van der Waals surface area contributed by atoms with E-state index in [1.54, 1.807) is 0 Å². The number of carbonyl (C=O) groups excluding carboxylic acids is 1. The van der Waals surface area contributed by atoms with E-state index in [9.17, 15) is 4.79 Å². The van der Waals surface area contributed by atoms with Crippen LogP contribution in [0.2, 0.25) is 5.02 Å². The van der Waals surface area contributed by atoms with Crippen molar-refractivity contribution < 1.29 is 14.3 Å². The van der Waals surface area contributed by atoms with Gasteiger partial charge in [0.1, 0.15) is 0 Å². The third-order valence-corrected chi connectivity index (χ3v) is 5.65. The number of fused-ring (bicyclic) bond motifs is 1. The molecule has 3 heterocycles. The summed E-state index contributed by atoms with van der Waals surface area (Å²) in [6.45, 7) is 4.83. The van der Waals surface area contributed by atoms with Gasteiger partial charge in [-0.1, -0.05) is 11.6 Å². The summed E-state index contributed by atoms with van der Waals surface area (Å²) in [6, 6.07) is 5.86. The fourth-order valence-corrected chi connectivity index (χ4v) is 4.06. The number of anilines is 2. The van der Waals surface area contributed by atoms with Crippen LogP contribution in [0.1, 0.15) is 12.8 Å². The molecular weight excluding hydrogens is 342 g/mol. The molecule has 1 aromatic carbocycles. The Morgan fingerprint density at radius 1 is 1.12 bits per heavy atom. The summed E-state index contributed by atoms with van der Waals surface area (Å²) in [6.07, 6.45) is 1.52. The summed E-state index contributed by atoms with van der Waals surface area (Å²) in [5.41, 5.74) is 2.15. The SMILES string of the molecule is CN1CCN(CC(=O)N2CCC3(CC2)OCCO3)c2ccc(Cl)cc21. The summed E-state index contributed by atoms with van der Waals surface area (Å²) >= 11 is 6.13. The molecule has 0 atom stereocenters. The number of carbonyl (C=O) groups is 1. The second-order valence-electron chi connectivity index (χ2n) is 6.96. The zero-order chi connectivity index (χ0) is 17.4. The van der Waals surface area contributed by atoms with Gasteiger partial charge in [-0.3, -0.25) is 4.79 Å². The van der Waals surface area contributed by atoms with Crippen molar-refractivity contribution in [2.45, 2.75) is 18.6 Å². The van der Waals surface area contributed by atoms with Crippen molar-refractivity contribution in [1.29, 1.82) is 0 Å². The largest absolute Gasteiger partial charge is 0.371 e. The first kappa shape index (κ1) is 16.9. The van der Waals surface area contributed by atoms with E-state index in [0.717, 1.165) is 42.3 Å². The number of likely N-dealkylation sites (tertiary alicyclic amines) is 1. The molecule has 6 nitrogen and oxygen atoms in total. The molecule has 0 saturated carbocycles. The van der Waals surface area contributed by atoms with Crippen LogP contribution in [0.4, 0.5) is 11.4 Å². The van der Waals surface area contributed by atoms with Crippen molar-refractivity contribution >= 4 is 28.9 Å². The van der Waals surface area contributed by atoms with Crippen molar-refractivity contribution in [2.24, 2.45) is 0 Å². The van der Waals surface area contributed by atoms with E-state index in [-0.39, 0.29) is 5.91 Å². The number of amides is 1. The molecule has 2 saturated heterocycles. The minimum Gasteiger partial charge on any atom is -0.371 e. The van der Waals surface area contributed by atoms with Gasteiger partial charge in [0.2, 0.25) is 5.91 Å². The van der Waals surface area contributed by atoms with Gasteiger partial charge in [-0.2, -0.15) is 0 Å². The number of hydrogen-bond donors (Lipinski definition) is 0. The zero-order valence-electron chi connectivity index (χ0n) is 14.5. The topological polar surface area (TPSA) is 45.2 Å². The minimum absolute atomic E-state index is 0.165. The Labute approximate surface area is 153 Å². The number of rotatable bonds is 2. The molecule has 0 bridgehead atoms. The number of hydrogen-bond acceptors (Lipinski definition) is 5. The number of ether oxygens (including phenoxy) is 2. The summed E-state index contributed by atoms with van der Waals surface area (Å²) in [5, 5.41) is 0.719. The minimum atomic E-state index is -0.437. The van der Waals surface area contributed by atoms with Crippen LogP contribution >= 0.6 is 11.6 Å². The molecule has 4 rings (SSSR count). The maximum Gasteiger partial charge on any atom is 0.242 e. The van der Waals surface area contributed by atoms with Gasteiger partial charge in [-0.15, -0.1) is 0 Å². The number of piperidine rings is 1. The smallest absolute Gasteiger partial charge is 0.242 e. The van der Waals surface area contributed by atoms with Crippen molar-refractivity contribution in [3.05, 3.63) is 23.2 Å². The molecule has 0 aromatic heterocycles. The van der Waals surface area contributed by atoms with Gasteiger partial charge in [0.25, 0.3) is 0 Å². The van der Waals surface area contributed by atoms with Gasteiger partial charge in [-0.25, -0.2) is 0 Å². The lowest BCUT2D eigenvalue weighted by molar-refractivity contribution is -0.187. The van der Waals surface area contributed by atoms with E-state index >= 15 is 0 Å². The highest BCUT2D eigenvalue weighted by Gasteiger charge is 2.41. The third-order valence-electron chi connectivity index (χ3n) is 5.41. The van der Waals surface area contributed by atoms with E-state index in [0.29, 0.717) is 32.8 Å². The van der Waals surface area contributed by atoms with E-state index in [4.69, 9.17) is 21.1 Å². The summed E-state index contributed by atoms with van der Waals surface area (Å²) in [4.78, 5) is 19.1. The molecule has 1 aromatic rings. The van der Waals surface area contributed by atoms with Crippen LogP contribution in [0.25, 0.3) is 0 Å². The lowest BCUT2D eigenvalue weighted by Gasteiger charge is -2.40. The van der Waals surface area contributed by atoms with Gasteiger partial charge in [0.15, 0.2) is 5.79 Å². The second-order valence-corrected chi connectivity index (χ2v) is 7.40. The number of nitrogens with zero attached hydrogens (tertiary/aromatic N) is 3. The highest BCUT2D eigenvalue weighted by atomic mass is 35.5. The summed E-state index contributed by atoms with van der Waals surface area (Å²) in [7, 11) is 2.06. The Hall–Kier alpha value is -1.50. The van der Waals surface area contributed by atoms with Crippen LogP contribution < -0.4 is 9.80 Å². The first-order valence-corrected chi connectivity index (χ1v) is 9.25. The molecule has 0 aliphatic carbocycles. The van der Waals surface area contributed by atoms with E-state index in [2.05, 4.69) is 16.8 Å². The molecule has 0 N–H and O–H groups in total. The molecule has 1 amide bonds. The van der Waals surface area contributed by atoms with Gasteiger partial charge < -0.3 is 24.2 Å². The predicted octanol–water partition coefficient (Wildman–Crippen LogP) is 1.96. The molecule has 3 aliphatic rings. The number of halogens is 1. The van der Waals surface area contributed by atoms with Crippen molar-refractivity contribution in [3.63, 3.8) is 0 Å². The second kappa shape index (κ2) is 6.67. The van der Waals surface area contributed by atoms with Crippen LogP contribution in [0.15, 0.2) is 18.2 Å². The molecule has 0 unspecified atom stereocenters. The maximum atomic E-state index is 12.8. The van der Waals surface area contributed by atoms with E-state index in [1.807, 2.05) is 23.1 Å². The molecule has 1 spiro atoms. The van der Waals surface area contributed by atoms with Crippen LogP contribution in [-0.2, 0) is 14.3 Å². The highest BCUT2D eigenvalue weighted by Crippen LogP contribution is 2.35. The van der Waals surface area contributed by atoms with Crippen LogP contribution in [0, 0.1) is 0 Å². The Kier molecular flexibility index (Phi) is 4.52. The molecule has 7 heteroatoms. The highest BCUT2D eigenvalue weighted by molar-refractivity contribution is 6.31. The quantitative estimate of drug-likeness (QED) is 0.801. The average molecular weight is 366 g/mol. The molecule has 136 valence electrons. The Morgan fingerprint density at radius 3 is 2.56 bits per heavy atom. The van der Waals surface area contributed by atoms with E-state index < -0.39 is 5.79 Å². The normalized spacial score (nSPS) is 22.4. The fourth-order valence-electron chi connectivity index (χ4n) is 3.89. The number of likely N-dealkylation sites (N-methyl/N-ethyl adjacent to an activating group) is 1. The average Bonchev–Trinajstić information content (AvgIpc) is 3.06. The van der Waals surface area contributed by atoms with Crippen molar-refractivity contribution in [1.82, 2.24) is 4.90 Å². The monoisotopic (exact) mass is 365 g/mol. The van der Waals surface area contributed by atoms with Crippen LogP contribution in [0.5, 0.6) is 0 Å². The first-order chi connectivity index (χ1) is 12.1. The lowest BCUT2D eigenvalue weighted by atomic mass is 10.0. The molecule has 2 fully saturated rings. The molecule has 25 heavy (non-hydrogen) atoms. The summed E-state index contributed by atoms with van der Waals surface area (Å²) in [5.74, 6) is -0.271. The van der Waals surface area contributed by atoms with E-state index in [1.165, 1.54) is 0 Å².